The number of aromatic nitrogens is 6. The quantitative estimate of drug-likeness (QED) is 0.173. The van der Waals surface area contributed by atoms with Crippen molar-refractivity contribution in [2.24, 2.45) is 11.8 Å². The summed E-state index contributed by atoms with van der Waals surface area (Å²) in [6.45, 7) is -5.71. The summed E-state index contributed by atoms with van der Waals surface area (Å²) in [5, 5.41) is 31.9. The number of nitrogens with zero attached hydrogens (tertiary/aromatic N) is 8. The number of hydrogen-bond donors (Lipinski definition) is 2. The summed E-state index contributed by atoms with van der Waals surface area (Å²) < 4.78 is 104. The summed E-state index contributed by atoms with van der Waals surface area (Å²) in [5.74, 6) is -0.595. The topological polar surface area (TPSA) is 167 Å². The number of hydrogen-bond acceptors (Lipinski definition) is 9. The number of halogens is 2. The number of carbonyl (C=O) groups excluding carboxylic acids is 1. The van der Waals surface area contributed by atoms with Crippen LogP contribution in [0.4, 0.5) is 0 Å². The van der Waals surface area contributed by atoms with Gasteiger partial charge in [0.2, 0.25) is 1.43 Å². The summed E-state index contributed by atoms with van der Waals surface area (Å²) in [7, 11) is -5.54. The Morgan fingerprint density at radius 3 is 1.94 bits per heavy atom. The van der Waals surface area contributed by atoms with Gasteiger partial charge >= 0.3 is 29.6 Å². The third-order valence-corrected chi connectivity index (χ3v) is 9.04. The molecule has 4 aromatic rings. The summed E-state index contributed by atoms with van der Waals surface area (Å²) in [6.07, 6.45) is 7.34. The van der Waals surface area contributed by atoms with Crippen molar-refractivity contribution in [1.29, 1.82) is 17.3 Å². The number of nitriles is 2. The van der Waals surface area contributed by atoms with Gasteiger partial charge in [-0.05, 0) is 70.1 Å². The fourth-order valence-electron chi connectivity index (χ4n) is 6.49. The zero-order valence-corrected chi connectivity index (χ0v) is 29.9. The normalized spacial score (nSPS) is 26.9. The predicted octanol–water partition coefficient (Wildman–Crippen LogP) is 2.88. The zero-order valence-electron chi connectivity index (χ0n) is 41.4. The monoisotopic (exact) mass is 719 g/mol. The standard InChI is InChI=1S/C16H19ClN4O.C16H17ClN4O.CH4O.BH4.Na/c2*1-10(22)16-20-13-9-19-15(17)8-14(13)21(16)12-4-2-11(3-5-12)6-7-18;1-2;;/h8-12,22H,2-6H2,1H3;8-9,11-12H,2-6H2,1H3;2H,1H3;1H4;/q;;;-1;+1/i1D3,10D;1D3;1D3,2D;1D4;. The molecule has 0 bridgehead atoms. The van der Waals surface area contributed by atoms with Gasteiger partial charge in [-0.15, -0.1) is 0 Å². The second kappa shape index (κ2) is 19.6. The van der Waals surface area contributed by atoms with E-state index in [1.807, 2.05) is 0 Å². The zero-order chi connectivity index (χ0) is 47.0. The molecule has 2 saturated carbocycles. The molecule has 0 amide bonds. The largest absolute Gasteiger partial charge is 1.00 e. The van der Waals surface area contributed by atoms with Crippen molar-refractivity contribution in [1.82, 2.24) is 29.1 Å². The van der Waals surface area contributed by atoms with Crippen LogP contribution in [0.2, 0.25) is 10.3 Å². The van der Waals surface area contributed by atoms with Crippen molar-refractivity contribution in [3.63, 3.8) is 0 Å². The van der Waals surface area contributed by atoms with Crippen molar-refractivity contribution in [2.45, 2.75) is 96.1 Å². The first kappa shape index (κ1) is 23.8. The average Bonchev–Trinajstić information content (AvgIpc) is 3.73. The Kier molecular flexibility index (Phi) is 9.71. The van der Waals surface area contributed by atoms with Gasteiger partial charge in [0.1, 0.15) is 33.2 Å². The van der Waals surface area contributed by atoms with Crippen LogP contribution in [0.15, 0.2) is 24.5 Å². The Bertz CT molecular complexity index is 2220. The van der Waals surface area contributed by atoms with Gasteiger partial charge in [0.15, 0.2) is 11.6 Å². The molecule has 1 unspecified atom stereocenters. The van der Waals surface area contributed by atoms with E-state index in [1.165, 1.54) is 12.4 Å². The molecular formula is C33H44BCl2N8NaO3. The van der Waals surface area contributed by atoms with Crippen molar-refractivity contribution in [2.75, 3.05) is 7.04 Å². The Balaban J connectivity index is 0.000000346. The van der Waals surface area contributed by atoms with Gasteiger partial charge in [0, 0.05) is 59.2 Å². The number of Topliss-reactive ketones (excluding diaryl/α,β-unsaturated/α-hetero) is 1. The summed E-state index contributed by atoms with van der Waals surface area (Å²) in [5.41, 5.74) is 2.02. The molecule has 2 aliphatic carbocycles. The molecule has 6 rings (SSSR count). The van der Waals surface area contributed by atoms with Crippen molar-refractivity contribution in [3.8, 4) is 12.1 Å². The molecule has 4 heterocycles. The number of ketones is 1. The molecule has 0 radical (unpaired) electrons. The van der Waals surface area contributed by atoms with Gasteiger partial charge in [0.05, 0.1) is 41.0 Å². The third-order valence-electron chi connectivity index (χ3n) is 8.62. The molecule has 4 aromatic heterocycles. The number of aliphatic hydroxyl groups is 2. The fourth-order valence-corrected chi connectivity index (χ4v) is 6.79. The molecule has 2 fully saturated rings. The van der Waals surface area contributed by atoms with Crippen LogP contribution in [0.5, 0.6) is 0 Å². The molecule has 2 N–H and O–H groups in total. The number of rotatable bonds is 6. The fraction of sp³-hybridized carbons (Fsp3) is 0.545. The maximum absolute atomic E-state index is 12.4. The molecular weight excluding hydrogens is 661 g/mol. The molecule has 0 spiro atoms. The Labute approximate surface area is 336 Å². The van der Waals surface area contributed by atoms with Crippen LogP contribution in [-0.4, -0.2) is 67.1 Å². The molecule has 0 saturated heterocycles. The minimum absolute atomic E-state index is 0. The van der Waals surface area contributed by atoms with Gasteiger partial charge < -0.3 is 19.3 Å². The van der Waals surface area contributed by atoms with Gasteiger partial charge in [-0.3, -0.25) is 4.79 Å². The Hall–Kier alpha value is -2.55. The Morgan fingerprint density at radius 2 is 1.48 bits per heavy atom. The van der Waals surface area contributed by atoms with Crippen LogP contribution < -0.4 is 29.6 Å². The summed E-state index contributed by atoms with van der Waals surface area (Å²) in [6, 6.07) is 7.41. The van der Waals surface area contributed by atoms with E-state index in [4.69, 9.17) is 54.2 Å². The summed E-state index contributed by atoms with van der Waals surface area (Å²) in [4.78, 5) is 28.8. The van der Waals surface area contributed by atoms with Gasteiger partial charge in [0.25, 0.3) is 0 Å². The van der Waals surface area contributed by atoms with Crippen molar-refractivity contribution < 1.29 is 58.3 Å². The van der Waals surface area contributed by atoms with E-state index < -0.39 is 40.9 Å². The van der Waals surface area contributed by atoms with Gasteiger partial charge in [-0.25, -0.2) is 25.3 Å². The van der Waals surface area contributed by atoms with E-state index in [-0.39, 0.29) is 63.6 Å². The first-order valence-corrected chi connectivity index (χ1v) is 15.5. The minimum Gasteiger partial charge on any atom is -0.400 e. The minimum atomic E-state index is -3.00. The van der Waals surface area contributed by atoms with E-state index in [0.717, 1.165) is 38.5 Å². The second-order valence-electron chi connectivity index (χ2n) is 11.4. The van der Waals surface area contributed by atoms with Crippen LogP contribution in [-0.2, 0) is 0 Å². The number of fused-ring (bicyclic) bond motifs is 2. The third kappa shape index (κ3) is 9.79. The first-order valence-electron chi connectivity index (χ1n) is 22.5. The average molecular weight is 721 g/mol. The maximum Gasteiger partial charge on any atom is 1.00 e. The van der Waals surface area contributed by atoms with Crippen LogP contribution in [0, 0.1) is 34.5 Å². The Morgan fingerprint density at radius 1 is 1.00 bits per heavy atom. The van der Waals surface area contributed by atoms with E-state index in [1.54, 1.807) is 21.3 Å². The maximum atomic E-state index is 12.4. The second-order valence-corrected chi connectivity index (χ2v) is 12.1. The summed E-state index contributed by atoms with van der Waals surface area (Å²) >= 11 is 12.0. The molecule has 11 nitrogen and oxygen atoms in total. The smallest absolute Gasteiger partial charge is 0.400 e. The molecule has 0 aromatic carbocycles. The number of carbonyl (C=O) groups is 1. The first-order chi connectivity index (χ1) is 28.5. The van der Waals surface area contributed by atoms with Crippen molar-refractivity contribution >= 4 is 59.3 Å². The molecule has 0 aliphatic heterocycles. The predicted molar refractivity (Wildman–Crippen MR) is 188 cm³/mol. The van der Waals surface area contributed by atoms with Crippen LogP contribution in [0.1, 0.15) is 126 Å². The SMILES string of the molecule is [2H]C([2H])([2H])C(=O)c1nc2cnc(Cl)cc2n1C1CCC(CC#N)CC1.[2H]C([2H])([2H])C([2H])(O)c1nc2cnc(Cl)cc2n1C1CCC(CC#N)CC1.[2H]OC([2H])([2H])[2H].[2H][B-]([2H])([2H])[2H].[Na+]. The van der Waals surface area contributed by atoms with Crippen LogP contribution >= 0.6 is 23.2 Å². The number of pyridine rings is 2. The van der Waals surface area contributed by atoms with E-state index in [0.29, 0.717) is 59.6 Å². The molecule has 15 heteroatoms. The van der Waals surface area contributed by atoms with Crippen LogP contribution in [0.3, 0.4) is 0 Å². The van der Waals surface area contributed by atoms with E-state index in [2.05, 4.69) is 37.2 Å². The van der Waals surface area contributed by atoms with Crippen molar-refractivity contribution in [3.05, 3.63) is 46.5 Å². The molecule has 2 aliphatic rings. The van der Waals surface area contributed by atoms with Gasteiger partial charge in [-0.1, -0.05) is 31.5 Å². The van der Waals surface area contributed by atoms with E-state index in [9.17, 15) is 9.90 Å². The van der Waals surface area contributed by atoms with Crippen LogP contribution in [0.25, 0.3) is 22.1 Å². The van der Waals surface area contributed by atoms with Gasteiger partial charge in [-0.2, -0.15) is 10.5 Å². The number of imidazole rings is 2. The van der Waals surface area contributed by atoms with E-state index >= 15 is 0 Å². The molecule has 1 atom stereocenters. The molecule has 48 heavy (non-hydrogen) atoms. The molecule has 252 valence electrons.